The van der Waals surface area contributed by atoms with Gasteiger partial charge in [0.25, 0.3) is 21.6 Å². The topological polar surface area (TPSA) is 134 Å². The number of anilines is 2. The number of rotatable bonds is 10. The van der Waals surface area contributed by atoms with Crippen molar-refractivity contribution >= 4 is 50.8 Å². The molecule has 1 heterocycles. The first kappa shape index (κ1) is 31.6. The molecule has 0 radical (unpaired) electrons. The zero-order valence-electron chi connectivity index (χ0n) is 24.3. The van der Waals surface area contributed by atoms with Crippen LogP contribution in [0.25, 0.3) is 0 Å². The molecule has 4 aromatic rings. The number of morpholine rings is 1. The number of nitro benzene ring substituents is 1. The van der Waals surface area contributed by atoms with Gasteiger partial charge in [-0.3, -0.25) is 19.2 Å². The number of halogens is 1. The molecule has 1 N–H and O–H groups in total. The monoisotopic (exact) mass is 647 g/mol. The number of hydrogen-bond donors (Lipinski definition) is 1. The third-order valence-electron chi connectivity index (χ3n) is 7.21. The summed E-state index contributed by atoms with van der Waals surface area (Å²) in [5.41, 5.74) is 5.26. The van der Waals surface area contributed by atoms with Gasteiger partial charge < -0.3 is 9.64 Å². The number of non-ortho nitro benzene ring substituents is 1. The third-order valence-corrected chi connectivity index (χ3v) is 9.24. The summed E-state index contributed by atoms with van der Waals surface area (Å²) in [4.78, 5) is 26.6. The van der Waals surface area contributed by atoms with Crippen molar-refractivity contribution in [3.8, 4) is 0 Å². The van der Waals surface area contributed by atoms with E-state index in [1.54, 1.807) is 60.7 Å². The molecular weight excluding hydrogens is 618 g/mol. The number of benzene rings is 4. The van der Waals surface area contributed by atoms with Gasteiger partial charge in [-0.2, -0.15) is 5.10 Å². The maximum absolute atomic E-state index is 14.0. The van der Waals surface area contributed by atoms with Crippen LogP contribution in [-0.4, -0.2) is 51.8 Å². The quantitative estimate of drug-likeness (QED) is 0.135. The van der Waals surface area contributed by atoms with E-state index in [0.717, 1.165) is 5.56 Å². The maximum atomic E-state index is 14.0. The van der Waals surface area contributed by atoms with E-state index in [4.69, 9.17) is 16.3 Å². The number of aryl methyl sites for hydroxylation is 1. The second-order valence-corrected chi connectivity index (χ2v) is 12.6. The van der Waals surface area contributed by atoms with Gasteiger partial charge in [-0.05, 0) is 55.0 Å². The SMILES string of the molecule is Cc1ccc(S(=O)(=O)N(Cc2ccc(Cl)cc2)c2ccccc2C(=O)N/N=C/c2cc([N+](=O)[O-])ccc2N2CCOCC2)cc1. The number of hydrazone groups is 1. The molecule has 0 spiro atoms. The number of carbonyl (C=O) groups excluding carboxylic acids is 1. The highest BCUT2D eigenvalue weighted by molar-refractivity contribution is 7.92. The number of nitro groups is 1. The standard InChI is InChI=1S/C32H30ClN5O6S/c1-23-6-13-28(14-7-23)45(42,43)37(22-24-8-10-26(33)11-9-24)31-5-3-2-4-29(31)32(39)35-34-21-25-20-27(38(40)41)12-15-30(25)36-16-18-44-19-17-36/h2-15,20-21H,16-19,22H2,1H3,(H,35,39)/b34-21+. The summed E-state index contributed by atoms with van der Waals surface area (Å²) >= 11 is 6.06. The first-order valence-corrected chi connectivity index (χ1v) is 15.8. The first-order chi connectivity index (χ1) is 21.6. The molecule has 0 saturated carbocycles. The Hall–Kier alpha value is -4.78. The van der Waals surface area contributed by atoms with Gasteiger partial charge in [0.05, 0.1) is 47.0 Å². The average molecular weight is 648 g/mol. The second-order valence-electron chi connectivity index (χ2n) is 10.3. The summed E-state index contributed by atoms with van der Waals surface area (Å²) in [6.07, 6.45) is 1.34. The van der Waals surface area contributed by atoms with E-state index in [1.807, 2.05) is 11.8 Å². The molecule has 11 nitrogen and oxygen atoms in total. The molecule has 0 aliphatic carbocycles. The summed E-state index contributed by atoms with van der Waals surface area (Å²) < 4.78 is 34.7. The molecule has 1 aliphatic rings. The lowest BCUT2D eigenvalue weighted by Gasteiger charge is -2.29. The number of para-hydroxylation sites is 1. The van der Waals surface area contributed by atoms with Crippen LogP contribution in [0, 0.1) is 17.0 Å². The van der Waals surface area contributed by atoms with Gasteiger partial charge in [-0.15, -0.1) is 0 Å². The van der Waals surface area contributed by atoms with E-state index in [1.165, 1.54) is 40.9 Å². The summed E-state index contributed by atoms with van der Waals surface area (Å²) in [6.45, 7) is 4.00. The molecule has 0 atom stereocenters. The third kappa shape index (κ3) is 7.48. The number of nitrogens with one attached hydrogen (secondary N) is 1. The molecular formula is C32H30ClN5O6S. The van der Waals surface area contributed by atoms with Crippen LogP contribution in [0.2, 0.25) is 5.02 Å². The van der Waals surface area contributed by atoms with Crippen LogP contribution < -0.4 is 14.6 Å². The molecule has 4 aromatic carbocycles. The van der Waals surface area contributed by atoms with Gasteiger partial charge in [-0.25, -0.2) is 13.8 Å². The zero-order chi connectivity index (χ0) is 32.0. The number of nitrogens with zero attached hydrogens (tertiary/aromatic N) is 4. The van der Waals surface area contributed by atoms with Crippen molar-refractivity contribution < 1.29 is 22.9 Å². The molecule has 13 heteroatoms. The van der Waals surface area contributed by atoms with Crippen molar-refractivity contribution in [1.82, 2.24) is 5.43 Å². The molecule has 1 aliphatic heterocycles. The Labute approximate surface area is 265 Å². The van der Waals surface area contributed by atoms with Crippen LogP contribution in [0.1, 0.15) is 27.0 Å². The van der Waals surface area contributed by atoms with Crippen molar-refractivity contribution in [2.45, 2.75) is 18.4 Å². The van der Waals surface area contributed by atoms with Gasteiger partial charge in [0.1, 0.15) is 0 Å². The van der Waals surface area contributed by atoms with E-state index in [-0.39, 0.29) is 28.4 Å². The van der Waals surface area contributed by atoms with Crippen LogP contribution in [0.3, 0.4) is 0 Å². The molecule has 1 amide bonds. The number of amides is 1. The van der Waals surface area contributed by atoms with Crippen molar-refractivity contribution in [1.29, 1.82) is 0 Å². The Morgan fingerprint density at radius 2 is 1.73 bits per heavy atom. The van der Waals surface area contributed by atoms with Crippen molar-refractivity contribution in [3.05, 3.63) is 128 Å². The fourth-order valence-corrected chi connectivity index (χ4v) is 6.45. The molecule has 45 heavy (non-hydrogen) atoms. The van der Waals surface area contributed by atoms with E-state index in [0.29, 0.717) is 48.1 Å². The Morgan fingerprint density at radius 3 is 2.42 bits per heavy atom. The van der Waals surface area contributed by atoms with Crippen LogP contribution in [-0.2, 0) is 21.3 Å². The van der Waals surface area contributed by atoms with E-state index in [2.05, 4.69) is 10.5 Å². The van der Waals surface area contributed by atoms with Crippen molar-refractivity contribution in [3.63, 3.8) is 0 Å². The lowest BCUT2D eigenvalue weighted by Crippen LogP contribution is -2.36. The van der Waals surface area contributed by atoms with Crippen LogP contribution in [0.4, 0.5) is 17.1 Å². The highest BCUT2D eigenvalue weighted by Crippen LogP contribution is 2.30. The fraction of sp³-hybridized carbons (Fsp3) is 0.188. The van der Waals surface area contributed by atoms with Gasteiger partial charge >= 0.3 is 0 Å². The zero-order valence-corrected chi connectivity index (χ0v) is 25.9. The lowest BCUT2D eigenvalue weighted by molar-refractivity contribution is -0.384. The molecule has 5 rings (SSSR count). The lowest BCUT2D eigenvalue weighted by atomic mass is 10.1. The van der Waals surface area contributed by atoms with Crippen LogP contribution in [0.5, 0.6) is 0 Å². The van der Waals surface area contributed by atoms with Gasteiger partial charge in [0.15, 0.2) is 0 Å². The fourth-order valence-electron chi connectivity index (χ4n) is 4.85. The minimum Gasteiger partial charge on any atom is -0.378 e. The van der Waals surface area contributed by atoms with Gasteiger partial charge in [0.2, 0.25) is 0 Å². The number of carbonyl (C=O) groups is 1. The van der Waals surface area contributed by atoms with Crippen LogP contribution in [0.15, 0.2) is 101 Å². The molecule has 1 fully saturated rings. The average Bonchev–Trinajstić information content (AvgIpc) is 3.05. The molecule has 232 valence electrons. The molecule has 0 unspecified atom stereocenters. The summed E-state index contributed by atoms with van der Waals surface area (Å²) in [7, 11) is -4.13. The summed E-state index contributed by atoms with van der Waals surface area (Å²) in [6, 6.07) is 24.0. The number of ether oxygens (including phenoxy) is 1. The molecule has 1 saturated heterocycles. The Balaban J connectivity index is 1.48. The highest BCUT2D eigenvalue weighted by Gasteiger charge is 2.29. The predicted octanol–water partition coefficient (Wildman–Crippen LogP) is 5.55. The Bertz CT molecular complexity index is 1830. The Kier molecular flexibility index (Phi) is 9.77. The molecule has 0 bridgehead atoms. The van der Waals surface area contributed by atoms with Gasteiger partial charge in [-0.1, -0.05) is 53.6 Å². The minimum absolute atomic E-state index is 0.0618. The Morgan fingerprint density at radius 1 is 1.04 bits per heavy atom. The first-order valence-electron chi connectivity index (χ1n) is 14.0. The predicted molar refractivity (Wildman–Crippen MR) is 174 cm³/mol. The van der Waals surface area contributed by atoms with E-state index < -0.39 is 20.9 Å². The smallest absolute Gasteiger partial charge is 0.273 e. The van der Waals surface area contributed by atoms with Crippen molar-refractivity contribution in [2.75, 3.05) is 35.5 Å². The number of hydrogen-bond acceptors (Lipinski definition) is 8. The summed E-state index contributed by atoms with van der Waals surface area (Å²) in [5, 5.41) is 16.1. The minimum atomic E-state index is -4.13. The largest absolute Gasteiger partial charge is 0.378 e. The number of sulfonamides is 1. The highest BCUT2D eigenvalue weighted by atomic mass is 35.5. The molecule has 0 aromatic heterocycles. The van der Waals surface area contributed by atoms with E-state index in [9.17, 15) is 23.3 Å². The van der Waals surface area contributed by atoms with E-state index >= 15 is 0 Å². The normalized spacial score (nSPS) is 13.5. The maximum Gasteiger partial charge on any atom is 0.273 e. The van der Waals surface area contributed by atoms with Crippen LogP contribution >= 0.6 is 11.6 Å². The van der Waals surface area contributed by atoms with Gasteiger partial charge in [0, 0.05) is 41.5 Å². The van der Waals surface area contributed by atoms with Crippen molar-refractivity contribution in [2.24, 2.45) is 5.10 Å². The second kappa shape index (κ2) is 13.9. The summed E-state index contributed by atoms with van der Waals surface area (Å²) in [5.74, 6) is -0.666.